The highest BCUT2D eigenvalue weighted by Gasteiger charge is 2.43. The van der Waals surface area contributed by atoms with E-state index in [0.29, 0.717) is 11.8 Å². The highest BCUT2D eigenvalue weighted by Crippen LogP contribution is 2.38. The molecule has 0 radical (unpaired) electrons. The maximum Gasteiger partial charge on any atom is 0.253 e. The van der Waals surface area contributed by atoms with Crippen molar-refractivity contribution in [2.75, 3.05) is 13.1 Å². The standard InChI is InChI=1S/C14H17NO2/c16-13-7-6-11-8-15(9-12(11)13)14(17)10-4-2-1-3-5-10/h1-5,11-13,16H,6-9H2. The molecule has 1 aliphatic carbocycles. The number of likely N-dealkylation sites (tertiary alicyclic amines) is 1. The Morgan fingerprint density at radius 1 is 1.18 bits per heavy atom. The number of hydrogen-bond acceptors (Lipinski definition) is 2. The van der Waals surface area contributed by atoms with Gasteiger partial charge in [0.25, 0.3) is 5.91 Å². The number of benzene rings is 1. The molecule has 2 aliphatic rings. The summed E-state index contributed by atoms with van der Waals surface area (Å²) in [7, 11) is 0. The van der Waals surface area contributed by atoms with E-state index in [1.54, 1.807) is 0 Å². The summed E-state index contributed by atoms with van der Waals surface area (Å²) in [6, 6.07) is 9.40. The summed E-state index contributed by atoms with van der Waals surface area (Å²) in [5, 5.41) is 9.83. The second kappa shape index (κ2) is 4.15. The Kier molecular flexibility index (Phi) is 2.63. The summed E-state index contributed by atoms with van der Waals surface area (Å²) >= 11 is 0. The Morgan fingerprint density at radius 2 is 1.94 bits per heavy atom. The van der Waals surface area contributed by atoms with Crippen LogP contribution < -0.4 is 0 Å². The van der Waals surface area contributed by atoms with Gasteiger partial charge in [-0.3, -0.25) is 4.79 Å². The van der Waals surface area contributed by atoms with Gasteiger partial charge in [0.15, 0.2) is 0 Å². The van der Waals surface area contributed by atoms with Gasteiger partial charge in [-0.05, 0) is 30.9 Å². The minimum Gasteiger partial charge on any atom is -0.393 e. The first kappa shape index (κ1) is 10.8. The predicted molar refractivity (Wildman–Crippen MR) is 64.6 cm³/mol. The third-order valence-electron chi connectivity index (χ3n) is 4.13. The van der Waals surface area contributed by atoms with Crippen LogP contribution in [0.1, 0.15) is 23.2 Å². The molecule has 3 atom stereocenters. The molecule has 1 aromatic rings. The molecule has 1 N–H and O–H groups in total. The van der Waals surface area contributed by atoms with Crippen LogP contribution in [0.25, 0.3) is 0 Å². The van der Waals surface area contributed by atoms with E-state index >= 15 is 0 Å². The zero-order valence-corrected chi connectivity index (χ0v) is 9.75. The molecule has 3 rings (SSSR count). The highest BCUT2D eigenvalue weighted by atomic mass is 16.3. The van der Waals surface area contributed by atoms with Crippen LogP contribution in [0.3, 0.4) is 0 Å². The third-order valence-corrected chi connectivity index (χ3v) is 4.13. The Bertz CT molecular complexity index is 417. The minimum absolute atomic E-state index is 0.104. The molecule has 1 amide bonds. The first-order chi connectivity index (χ1) is 8.25. The van der Waals surface area contributed by atoms with Gasteiger partial charge < -0.3 is 10.0 Å². The summed E-state index contributed by atoms with van der Waals surface area (Å²) in [6.07, 6.45) is 1.76. The van der Waals surface area contributed by atoms with E-state index < -0.39 is 0 Å². The van der Waals surface area contributed by atoms with Gasteiger partial charge >= 0.3 is 0 Å². The molecular formula is C14H17NO2. The van der Waals surface area contributed by atoms with Crippen molar-refractivity contribution in [1.82, 2.24) is 4.90 Å². The number of nitrogens with zero attached hydrogens (tertiary/aromatic N) is 1. The molecule has 0 spiro atoms. The fourth-order valence-corrected chi connectivity index (χ4v) is 3.17. The maximum atomic E-state index is 12.2. The molecule has 0 bridgehead atoms. The first-order valence-electron chi connectivity index (χ1n) is 6.28. The van der Waals surface area contributed by atoms with Crippen LogP contribution in [0.15, 0.2) is 30.3 Å². The van der Waals surface area contributed by atoms with Crippen molar-refractivity contribution in [3.05, 3.63) is 35.9 Å². The molecule has 3 unspecified atom stereocenters. The van der Waals surface area contributed by atoms with E-state index in [4.69, 9.17) is 0 Å². The molecule has 3 nitrogen and oxygen atoms in total. The predicted octanol–water partition coefficient (Wildman–Crippen LogP) is 1.53. The van der Waals surface area contributed by atoms with Gasteiger partial charge in [0.2, 0.25) is 0 Å². The van der Waals surface area contributed by atoms with Crippen molar-refractivity contribution in [1.29, 1.82) is 0 Å². The molecule has 1 heterocycles. The molecule has 0 aromatic heterocycles. The van der Waals surface area contributed by atoms with Gasteiger partial charge in [-0.2, -0.15) is 0 Å². The third kappa shape index (κ3) is 1.84. The Labute approximate surface area is 101 Å². The van der Waals surface area contributed by atoms with Gasteiger partial charge in [0.05, 0.1) is 6.10 Å². The lowest BCUT2D eigenvalue weighted by Gasteiger charge is -2.18. The van der Waals surface area contributed by atoms with Gasteiger partial charge in [0.1, 0.15) is 0 Å². The van der Waals surface area contributed by atoms with Crippen molar-refractivity contribution >= 4 is 5.91 Å². The van der Waals surface area contributed by atoms with Crippen molar-refractivity contribution in [2.45, 2.75) is 18.9 Å². The van der Waals surface area contributed by atoms with E-state index in [1.165, 1.54) is 0 Å². The monoisotopic (exact) mass is 231 g/mol. The second-order valence-electron chi connectivity index (χ2n) is 5.14. The number of carbonyl (C=O) groups is 1. The molecule has 1 aromatic carbocycles. The lowest BCUT2D eigenvalue weighted by atomic mass is 10.00. The summed E-state index contributed by atoms with van der Waals surface area (Å²) in [6.45, 7) is 1.54. The van der Waals surface area contributed by atoms with E-state index in [2.05, 4.69) is 0 Å². The quantitative estimate of drug-likeness (QED) is 0.796. The fourth-order valence-electron chi connectivity index (χ4n) is 3.17. The summed E-state index contributed by atoms with van der Waals surface area (Å²) in [5.41, 5.74) is 0.752. The molecule has 1 aliphatic heterocycles. The maximum absolute atomic E-state index is 12.2. The van der Waals surface area contributed by atoms with Crippen molar-refractivity contribution in [3.63, 3.8) is 0 Å². The number of aliphatic hydroxyl groups is 1. The fraction of sp³-hybridized carbons (Fsp3) is 0.500. The van der Waals surface area contributed by atoms with Crippen molar-refractivity contribution < 1.29 is 9.90 Å². The van der Waals surface area contributed by atoms with Gasteiger partial charge in [-0.25, -0.2) is 0 Å². The molecule has 2 fully saturated rings. The summed E-state index contributed by atoms with van der Waals surface area (Å²) < 4.78 is 0. The summed E-state index contributed by atoms with van der Waals surface area (Å²) in [4.78, 5) is 14.1. The number of amides is 1. The molecule has 17 heavy (non-hydrogen) atoms. The lowest BCUT2D eigenvalue weighted by Crippen LogP contribution is -2.30. The van der Waals surface area contributed by atoms with E-state index in [0.717, 1.165) is 31.5 Å². The highest BCUT2D eigenvalue weighted by molar-refractivity contribution is 5.94. The van der Waals surface area contributed by atoms with E-state index in [1.807, 2.05) is 35.2 Å². The number of aliphatic hydroxyl groups excluding tert-OH is 1. The van der Waals surface area contributed by atoms with Crippen LogP contribution in [-0.2, 0) is 0 Å². The SMILES string of the molecule is O=C(c1ccccc1)N1CC2CCC(O)C2C1. The minimum atomic E-state index is -0.200. The van der Waals surface area contributed by atoms with E-state index in [9.17, 15) is 9.90 Å². The van der Waals surface area contributed by atoms with Crippen molar-refractivity contribution in [3.8, 4) is 0 Å². The summed E-state index contributed by atoms with van der Waals surface area (Å²) in [5.74, 6) is 0.924. The van der Waals surface area contributed by atoms with Gasteiger partial charge in [-0.15, -0.1) is 0 Å². The lowest BCUT2D eigenvalue weighted by molar-refractivity contribution is 0.0752. The molecule has 90 valence electrons. The van der Waals surface area contributed by atoms with Crippen LogP contribution in [-0.4, -0.2) is 35.1 Å². The Hall–Kier alpha value is -1.35. The largest absolute Gasteiger partial charge is 0.393 e. The van der Waals surface area contributed by atoms with E-state index in [-0.39, 0.29) is 12.0 Å². The number of hydrogen-bond donors (Lipinski definition) is 1. The zero-order valence-electron chi connectivity index (χ0n) is 9.75. The van der Waals surface area contributed by atoms with Crippen LogP contribution in [0.4, 0.5) is 0 Å². The molecule has 3 heteroatoms. The first-order valence-corrected chi connectivity index (χ1v) is 6.28. The normalized spacial score (nSPS) is 31.6. The number of rotatable bonds is 1. The topological polar surface area (TPSA) is 40.5 Å². The van der Waals surface area contributed by atoms with Gasteiger partial charge in [-0.1, -0.05) is 18.2 Å². The average Bonchev–Trinajstić information content (AvgIpc) is 2.92. The van der Waals surface area contributed by atoms with Gasteiger partial charge in [0, 0.05) is 24.6 Å². The number of carbonyl (C=O) groups excluding carboxylic acids is 1. The Morgan fingerprint density at radius 3 is 2.65 bits per heavy atom. The van der Waals surface area contributed by atoms with Crippen LogP contribution in [0, 0.1) is 11.8 Å². The van der Waals surface area contributed by atoms with Crippen molar-refractivity contribution in [2.24, 2.45) is 11.8 Å². The van der Waals surface area contributed by atoms with Crippen LogP contribution in [0.2, 0.25) is 0 Å². The average molecular weight is 231 g/mol. The number of fused-ring (bicyclic) bond motifs is 1. The second-order valence-corrected chi connectivity index (χ2v) is 5.14. The molecule has 1 saturated heterocycles. The Balaban J connectivity index is 1.73. The zero-order chi connectivity index (χ0) is 11.8. The van der Waals surface area contributed by atoms with Crippen LogP contribution >= 0.6 is 0 Å². The smallest absolute Gasteiger partial charge is 0.253 e. The van der Waals surface area contributed by atoms with Crippen LogP contribution in [0.5, 0.6) is 0 Å². The molecule has 1 saturated carbocycles. The molecular weight excluding hydrogens is 214 g/mol.